The molecular formula is C13H16N4O2. The smallest absolute Gasteiger partial charge is 0.312 e. The van der Waals surface area contributed by atoms with Gasteiger partial charge in [0, 0.05) is 32.4 Å². The van der Waals surface area contributed by atoms with Crippen molar-refractivity contribution >= 4 is 11.8 Å². The van der Waals surface area contributed by atoms with Crippen LogP contribution in [-0.2, 0) is 16.1 Å². The van der Waals surface area contributed by atoms with Crippen LogP contribution in [0.5, 0.6) is 0 Å². The molecule has 6 heteroatoms. The standard InChI is InChI=1S/C13H16N4O2/c18-12-13(19)17-6-5-14-7-11(17)9-16(12)8-10-3-1-2-4-15-10/h1-4,11,14H,5-9H2. The van der Waals surface area contributed by atoms with Gasteiger partial charge in [0.25, 0.3) is 0 Å². The van der Waals surface area contributed by atoms with E-state index < -0.39 is 5.91 Å². The minimum Gasteiger partial charge on any atom is -0.327 e. The molecule has 2 amide bonds. The van der Waals surface area contributed by atoms with Crippen molar-refractivity contribution in [3.8, 4) is 0 Å². The van der Waals surface area contributed by atoms with E-state index in [4.69, 9.17) is 0 Å². The molecule has 1 aromatic heterocycles. The fraction of sp³-hybridized carbons (Fsp3) is 0.462. The number of carbonyl (C=O) groups excluding carboxylic acids is 2. The normalized spacial score (nSPS) is 23.5. The number of amides is 2. The molecule has 2 fully saturated rings. The van der Waals surface area contributed by atoms with Crippen molar-refractivity contribution in [1.29, 1.82) is 0 Å². The molecule has 0 aromatic carbocycles. The van der Waals surface area contributed by atoms with Crippen LogP contribution in [-0.4, -0.2) is 58.8 Å². The summed E-state index contributed by atoms with van der Waals surface area (Å²) in [6, 6.07) is 5.66. The van der Waals surface area contributed by atoms with Gasteiger partial charge in [-0.15, -0.1) is 0 Å². The highest BCUT2D eigenvalue weighted by molar-refractivity contribution is 6.35. The van der Waals surface area contributed by atoms with Crippen molar-refractivity contribution in [2.24, 2.45) is 0 Å². The van der Waals surface area contributed by atoms with E-state index in [1.807, 2.05) is 18.2 Å². The number of nitrogens with one attached hydrogen (secondary N) is 1. The summed E-state index contributed by atoms with van der Waals surface area (Å²) in [5, 5.41) is 3.26. The summed E-state index contributed by atoms with van der Waals surface area (Å²) in [6.45, 7) is 3.10. The van der Waals surface area contributed by atoms with Gasteiger partial charge in [0.05, 0.1) is 18.3 Å². The van der Waals surface area contributed by atoms with Crippen molar-refractivity contribution in [1.82, 2.24) is 20.1 Å². The minimum absolute atomic E-state index is 0.0858. The monoisotopic (exact) mass is 260 g/mol. The van der Waals surface area contributed by atoms with E-state index in [0.717, 1.165) is 18.8 Å². The second kappa shape index (κ2) is 4.97. The van der Waals surface area contributed by atoms with E-state index in [1.165, 1.54) is 0 Å². The molecule has 0 saturated carbocycles. The largest absolute Gasteiger partial charge is 0.327 e. The van der Waals surface area contributed by atoms with Crippen molar-refractivity contribution < 1.29 is 9.59 Å². The van der Waals surface area contributed by atoms with E-state index in [-0.39, 0.29) is 11.9 Å². The number of nitrogens with zero attached hydrogens (tertiary/aromatic N) is 3. The zero-order chi connectivity index (χ0) is 13.2. The van der Waals surface area contributed by atoms with Gasteiger partial charge in [-0.25, -0.2) is 0 Å². The lowest BCUT2D eigenvalue weighted by molar-refractivity contribution is -0.160. The predicted molar refractivity (Wildman–Crippen MR) is 68.0 cm³/mol. The van der Waals surface area contributed by atoms with Gasteiger partial charge in [-0.1, -0.05) is 6.07 Å². The summed E-state index contributed by atoms with van der Waals surface area (Å²) in [5.74, 6) is -0.794. The number of carbonyl (C=O) groups is 2. The molecule has 2 aliphatic heterocycles. The Morgan fingerprint density at radius 2 is 2.21 bits per heavy atom. The van der Waals surface area contributed by atoms with Crippen LogP contribution in [0.25, 0.3) is 0 Å². The lowest BCUT2D eigenvalue weighted by Crippen LogP contribution is -2.65. The first-order chi connectivity index (χ1) is 9.25. The number of piperazine rings is 2. The maximum absolute atomic E-state index is 12.1. The third kappa shape index (κ3) is 2.31. The lowest BCUT2D eigenvalue weighted by atomic mass is 10.1. The quantitative estimate of drug-likeness (QED) is 0.709. The molecule has 3 rings (SSSR count). The molecule has 100 valence electrons. The highest BCUT2D eigenvalue weighted by Crippen LogP contribution is 2.15. The molecule has 1 unspecified atom stereocenters. The highest BCUT2D eigenvalue weighted by Gasteiger charge is 2.39. The molecule has 1 N–H and O–H groups in total. The van der Waals surface area contributed by atoms with Crippen LogP contribution in [0.3, 0.4) is 0 Å². The van der Waals surface area contributed by atoms with Gasteiger partial charge >= 0.3 is 11.8 Å². The third-order valence-corrected chi connectivity index (χ3v) is 3.59. The Morgan fingerprint density at radius 1 is 1.32 bits per heavy atom. The molecule has 2 aliphatic rings. The number of rotatable bonds is 2. The van der Waals surface area contributed by atoms with E-state index in [0.29, 0.717) is 19.6 Å². The van der Waals surface area contributed by atoms with E-state index in [9.17, 15) is 9.59 Å². The van der Waals surface area contributed by atoms with Gasteiger partial charge in [-0.2, -0.15) is 0 Å². The molecule has 3 heterocycles. The summed E-state index contributed by atoms with van der Waals surface area (Å²) in [7, 11) is 0. The van der Waals surface area contributed by atoms with Crippen LogP contribution >= 0.6 is 0 Å². The second-order valence-electron chi connectivity index (χ2n) is 4.86. The molecule has 19 heavy (non-hydrogen) atoms. The molecule has 1 aromatic rings. The molecule has 0 bridgehead atoms. The maximum atomic E-state index is 12.1. The Hall–Kier alpha value is -1.95. The van der Waals surface area contributed by atoms with E-state index in [2.05, 4.69) is 10.3 Å². The fourth-order valence-electron chi connectivity index (χ4n) is 2.61. The molecule has 0 radical (unpaired) electrons. The van der Waals surface area contributed by atoms with Gasteiger partial charge < -0.3 is 15.1 Å². The number of hydrogen-bond acceptors (Lipinski definition) is 4. The first-order valence-corrected chi connectivity index (χ1v) is 6.46. The lowest BCUT2D eigenvalue weighted by Gasteiger charge is -2.43. The van der Waals surface area contributed by atoms with Crippen LogP contribution in [0.15, 0.2) is 24.4 Å². The van der Waals surface area contributed by atoms with Gasteiger partial charge in [0.1, 0.15) is 0 Å². The van der Waals surface area contributed by atoms with Gasteiger partial charge in [0.15, 0.2) is 0 Å². The number of hydrogen-bond donors (Lipinski definition) is 1. The Bertz CT molecular complexity index is 491. The molecule has 2 saturated heterocycles. The van der Waals surface area contributed by atoms with Crippen molar-refractivity contribution in [3.63, 3.8) is 0 Å². The molecule has 6 nitrogen and oxygen atoms in total. The maximum Gasteiger partial charge on any atom is 0.312 e. The first-order valence-electron chi connectivity index (χ1n) is 6.46. The minimum atomic E-state index is -0.413. The van der Waals surface area contributed by atoms with Crippen LogP contribution in [0.4, 0.5) is 0 Å². The summed E-state index contributed by atoms with van der Waals surface area (Å²) >= 11 is 0. The molecule has 0 aliphatic carbocycles. The van der Waals surface area contributed by atoms with Crippen LogP contribution < -0.4 is 5.32 Å². The number of pyridine rings is 1. The fourth-order valence-corrected chi connectivity index (χ4v) is 2.61. The Balaban J connectivity index is 1.75. The Morgan fingerprint density at radius 3 is 3.00 bits per heavy atom. The zero-order valence-electron chi connectivity index (χ0n) is 10.6. The van der Waals surface area contributed by atoms with Gasteiger partial charge in [-0.05, 0) is 12.1 Å². The van der Waals surface area contributed by atoms with Gasteiger partial charge in [0.2, 0.25) is 0 Å². The SMILES string of the molecule is O=C1C(=O)N2CCNCC2CN1Cc1ccccn1. The third-order valence-electron chi connectivity index (χ3n) is 3.59. The molecule has 0 spiro atoms. The van der Waals surface area contributed by atoms with E-state index >= 15 is 0 Å². The summed E-state index contributed by atoms with van der Waals surface area (Å²) < 4.78 is 0. The number of fused-ring (bicyclic) bond motifs is 1. The topological polar surface area (TPSA) is 65.5 Å². The van der Waals surface area contributed by atoms with E-state index in [1.54, 1.807) is 16.0 Å². The van der Waals surface area contributed by atoms with Gasteiger partial charge in [-0.3, -0.25) is 14.6 Å². The summed E-state index contributed by atoms with van der Waals surface area (Å²) in [4.78, 5) is 31.6. The van der Waals surface area contributed by atoms with Crippen molar-refractivity contribution in [2.75, 3.05) is 26.2 Å². The summed E-state index contributed by atoms with van der Waals surface area (Å²) in [5.41, 5.74) is 0.806. The van der Waals surface area contributed by atoms with Crippen molar-refractivity contribution in [3.05, 3.63) is 30.1 Å². The first kappa shape index (κ1) is 12.1. The Kier molecular flexibility index (Phi) is 3.16. The highest BCUT2D eigenvalue weighted by atomic mass is 16.2. The van der Waals surface area contributed by atoms with Crippen LogP contribution in [0, 0.1) is 0 Å². The average molecular weight is 260 g/mol. The Labute approximate surface area is 111 Å². The second-order valence-corrected chi connectivity index (χ2v) is 4.86. The predicted octanol–water partition coefficient (Wildman–Crippen LogP) is -0.776. The summed E-state index contributed by atoms with van der Waals surface area (Å²) in [6.07, 6.45) is 1.69. The van der Waals surface area contributed by atoms with Crippen LogP contribution in [0.2, 0.25) is 0 Å². The molecule has 1 atom stereocenters. The number of aromatic nitrogens is 1. The average Bonchev–Trinajstić information content (AvgIpc) is 2.46. The van der Waals surface area contributed by atoms with Crippen LogP contribution in [0.1, 0.15) is 5.69 Å². The molecular weight excluding hydrogens is 244 g/mol. The van der Waals surface area contributed by atoms with Crippen molar-refractivity contribution in [2.45, 2.75) is 12.6 Å². The zero-order valence-corrected chi connectivity index (χ0v) is 10.6.